The highest BCUT2D eigenvalue weighted by atomic mass is 16.3. The molecule has 0 atom stereocenters. The summed E-state index contributed by atoms with van der Waals surface area (Å²) in [5.74, 6) is 0.168. The Hall–Kier alpha value is -1.51. The van der Waals surface area contributed by atoms with E-state index in [0.29, 0.717) is 11.1 Å². The molecule has 0 spiro atoms. The van der Waals surface area contributed by atoms with Gasteiger partial charge in [-0.1, -0.05) is 0 Å². The number of rotatable bonds is 1. The number of hydrogen-bond donors (Lipinski definition) is 1. The van der Waals surface area contributed by atoms with E-state index in [1.807, 2.05) is 20.8 Å². The zero-order valence-electron chi connectivity index (χ0n) is 10.8. The molecular weight excluding hydrogens is 202 g/mol. The van der Waals surface area contributed by atoms with E-state index in [-0.39, 0.29) is 11.7 Å². The van der Waals surface area contributed by atoms with Crippen molar-refractivity contribution in [3.05, 3.63) is 27.8 Å². The Morgan fingerprint density at radius 2 is 1.44 bits per heavy atom. The first-order valence-electron chi connectivity index (χ1n) is 5.30. The number of hydrogen-bond acceptors (Lipinski definition) is 2. The van der Waals surface area contributed by atoms with Crippen LogP contribution in [0.15, 0.2) is 0 Å². The predicted molar refractivity (Wildman–Crippen MR) is 65.1 cm³/mol. The standard InChI is InChI=1S/C13H19NO2/c1-7-8(2)11(13(16)14(5)6)10(4)12(15)9(7)3/h15H,1-6H3. The highest BCUT2D eigenvalue weighted by molar-refractivity contribution is 5.98. The van der Waals surface area contributed by atoms with Crippen LogP contribution in [0.1, 0.15) is 32.6 Å². The molecular formula is C13H19NO2. The summed E-state index contributed by atoms with van der Waals surface area (Å²) in [4.78, 5) is 13.5. The van der Waals surface area contributed by atoms with Crippen molar-refractivity contribution in [2.75, 3.05) is 14.1 Å². The molecule has 3 heteroatoms. The largest absolute Gasteiger partial charge is 0.507 e. The molecule has 16 heavy (non-hydrogen) atoms. The molecule has 1 N–H and O–H groups in total. The fourth-order valence-corrected chi connectivity index (χ4v) is 1.87. The molecule has 0 unspecified atom stereocenters. The van der Waals surface area contributed by atoms with Gasteiger partial charge in [0.25, 0.3) is 5.91 Å². The molecule has 1 amide bonds. The maximum absolute atomic E-state index is 12.0. The third-order valence-corrected chi connectivity index (χ3v) is 3.21. The van der Waals surface area contributed by atoms with Gasteiger partial charge in [0.1, 0.15) is 5.75 Å². The molecule has 0 aliphatic heterocycles. The lowest BCUT2D eigenvalue weighted by Gasteiger charge is -2.19. The summed E-state index contributed by atoms with van der Waals surface area (Å²) in [6.07, 6.45) is 0. The molecule has 0 saturated heterocycles. The van der Waals surface area contributed by atoms with Gasteiger partial charge in [-0.25, -0.2) is 0 Å². The summed E-state index contributed by atoms with van der Waals surface area (Å²) in [5.41, 5.74) is 4.06. The Balaban J connectivity index is 3.58. The summed E-state index contributed by atoms with van der Waals surface area (Å²) in [7, 11) is 3.43. The second kappa shape index (κ2) is 4.16. The minimum Gasteiger partial charge on any atom is -0.507 e. The molecule has 0 bridgehead atoms. The number of phenolic OH excluding ortho intramolecular Hbond substituents is 1. The molecule has 0 aromatic heterocycles. The quantitative estimate of drug-likeness (QED) is 0.790. The number of benzene rings is 1. The first-order chi connectivity index (χ1) is 7.29. The van der Waals surface area contributed by atoms with Crippen molar-refractivity contribution in [1.82, 2.24) is 4.90 Å². The molecule has 1 rings (SSSR count). The Morgan fingerprint density at radius 1 is 0.938 bits per heavy atom. The topological polar surface area (TPSA) is 40.5 Å². The SMILES string of the molecule is Cc1c(C)c(O)c(C)c(C(=O)N(C)C)c1C. The number of carbonyl (C=O) groups is 1. The summed E-state index contributed by atoms with van der Waals surface area (Å²) in [5, 5.41) is 9.95. The van der Waals surface area contributed by atoms with Crippen molar-refractivity contribution in [3.63, 3.8) is 0 Å². The number of aromatic hydroxyl groups is 1. The zero-order valence-corrected chi connectivity index (χ0v) is 10.8. The van der Waals surface area contributed by atoms with E-state index >= 15 is 0 Å². The molecule has 0 saturated carbocycles. The minimum atomic E-state index is -0.0617. The lowest BCUT2D eigenvalue weighted by Crippen LogP contribution is -2.24. The number of carbonyl (C=O) groups excluding carboxylic acids is 1. The molecule has 88 valence electrons. The first kappa shape index (κ1) is 12.6. The molecule has 0 aliphatic carbocycles. The predicted octanol–water partition coefficient (Wildman–Crippen LogP) is 2.33. The Kier molecular flexibility index (Phi) is 3.27. The van der Waals surface area contributed by atoms with Crippen molar-refractivity contribution in [2.45, 2.75) is 27.7 Å². The Bertz CT molecular complexity index is 419. The smallest absolute Gasteiger partial charge is 0.254 e. The monoisotopic (exact) mass is 221 g/mol. The van der Waals surface area contributed by atoms with Gasteiger partial charge < -0.3 is 10.0 Å². The van der Waals surface area contributed by atoms with Gasteiger partial charge >= 0.3 is 0 Å². The summed E-state index contributed by atoms with van der Waals surface area (Å²) < 4.78 is 0. The number of amides is 1. The van der Waals surface area contributed by atoms with E-state index in [4.69, 9.17) is 0 Å². The fourth-order valence-electron chi connectivity index (χ4n) is 1.87. The van der Waals surface area contributed by atoms with Gasteiger partial charge in [0.05, 0.1) is 0 Å². The van der Waals surface area contributed by atoms with Gasteiger partial charge in [0, 0.05) is 25.2 Å². The average molecular weight is 221 g/mol. The maximum atomic E-state index is 12.0. The average Bonchev–Trinajstić information content (AvgIpc) is 2.23. The van der Waals surface area contributed by atoms with Crippen LogP contribution in [0, 0.1) is 27.7 Å². The molecule has 0 aliphatic rings. The Labute approximate surface area is 96.7 Å². The van der Waals surface area contributed by atoms with Gasteiger partial charge in [0.2, 0.25) is 0 Å². The number of phenols is 1. The maximum Gasteiger partial charge on any atom is 0.254 e. The minimum absolute atomic E-state index is 0.0617. The second-order valence-electron chi connectivity index (χ2n) is 4.42. The van der Waals surface area contributed by atoms with Gasteiger partial charge in [0.15, 0.2) is 0 Å². The van der Waals surface area contributed by atoms with Crippen LogP contribution in [0.5, 0.6) is 5.75 Å². The van der Waals surface area contributed by atoms with Crippen LogP contribution in [0.4, 0.5) is 0 Å². The summed E-state index contributed by atoms with van der Waals surface area (Å²) in [6.45, 7) is 7.50. The van der Waals surface area contributed by atoms with Crippen LogP contribution >= 0.6 is 0 Å². The molecule has 0 radical (unpaired) electrons. The molecule has 1 aromatic rings. The lowest BCUT2D eigenvalue weighted by molar-refractivity contribution is 0.0825. The molecule has 3 nitrogen and oxygen atoms in total. The van der Waals surface area contributed by atoms with Crippen LogP contribution in [0.25, 0.3) is 0 Å². The first-order valence-corrected chi connectivity index (χ1v) is 5.30. The van der Waals surface area contributed by atoms with E-state index in [9.17, 15) is 9.90 Å². The third kappa shape index (κ3) is 1.77. The van der Waals surface area contributed by atoms with E-state index in [1.165, 1.54) is 4.90 Å². The van der Waals surface area contributed by atoms with Crippen molar-refractivity contribution >= 4 is 5.91 Å². The lowest BCUT2D eigenvalue weighted by atomic mass is 9.92. The Morgan fingerprint density at radius 3 is 1.88 bits per heavy atom. The van der Waals surface area contributed by atoms with Gasteiger partial charge in [-0.3, -0.25) is 4.79 Å². The summed E-state index contributed by atoms with van der Waals surface area (Å²) in [6, 6.07) is 0. The van der Waals surface area contributed by atoms with Crippen molar-refractivity contribution in [2.24, 2.45) is 0 Å². The fraction of sp³-hybridized carbons (Fsp3) is 0.462. The second-order valence-corrected chi connectivity index (χ2v) is 4.42. The van der Waals surface area contributed by atoms with Crippen molar-refractivity contribution in [3.8, 4) is 5.75 Å². The zero-order chi connectivity index (χ0) is 12.6. The van der Waals surface area contributed by atoms with Crippen LogP contribution in [-0.4, -0.2) is 30.0 Å². The highest BCUT2D eigenvalue weighted by Crippen LogP contribution is 2.31. The number of nitrogens with zero attached hydrogens (tertiary/aromatic N) is 1. The highest BCUT2D eigenvalue weighted by Gasteiger charge is 2.20. The summed E-state index contributed by atoms with van der Waals surface area (Å²) >= 11 is 0. The van der Waals surface area contributed by atoms with Crippen LogP contribution in [0.2, 0.25) is 0 Å². The molecule has 1 aromatic carbocycles. The van der Waals surface area contributed by atoms with Crippen molar-refractivity contribution < 1.29 is 9.90 Å². The third-order valence-electron chi connectivity index (χ3n) is 3.21. The van der Waals surface area contributed by atoms with Gasteiger partial charge in [-0.2, -0.15) is 0 Å². The van der Waals surface area contributed by atoms with Gasteiger partial charge in [-0.15, -0.1) is 0 Å². The van der Waals surface area contributed by atoms with E-state index in [0.717, 1.165) is 16.7 Å². The van der Waals surface area contributed by atoms with E-state index in [2.05, 4.69) is 0 Å². The molecule has 0 heterocycles. The molecule has 0 fully saturated rings. The normalized spacial score (nSPS) is 10.4. The van der Waals surface area contributed by atoms with E-state index < -0.39 is 0 Å². The van der Waals surface area contributed by atoms with Crippen LogP contribution in [0.3, 0.4) is 0 Å². The van der Waals surface area contributed by atoms with Crippen molar-refractivity contribution in [1.29, 1.82) is 0 Å². The van der Waals surface area contributed by atoms with E-state index in [1.54, 1.807) is 21.0 Å². The van der Waals surface area contributed by atoms with Crippen LogP contribution in [-0.2, 0) is 0 Å². The van der Waals surface area contributed by atoms with Gasteiger partial charge in [-0.05, 0) is 44.4 Å². The van der Waals surface area contributed by atoms with Crippen LogP contribution < -0.4 is 0 Å².